The molecule has 2 fully saturated rings. The molecule has 9 atom stereocenters. The van der Waals surface area contributed by atoms with Crippen LogP contribution in [0.25, 0.3) is 11.0 Å². The van der Waals surface area contributed by atoms with Gasteiger partial charge in [0.15, 0.2) is 24.3 Å². The fraction of sp³-hybridized carbons (Fsp3) is 0.611. The van der Waals surface area contributed by atoms with Crippen LogP contribution in [0.1, 0.15) is 34.6 Å². The van der Waals surface area contributed by atoms with Crippen molar-refractivity contribution < 1.29 is 58.9 Å². The Morgan fingerprint density at radius 1 is 1.05 bits per heavy atom. The topological polar surface area (TPSA) is 275 Å². The molecule has 5 rings (SSSR count). The number of piperazine rings is 1. The number of nitrogens with zero attached hydrogens (tertiary/aromatic N) is 6. The van der Waals surface area contributed by atoms with Crippen LogP contribution in [0.2, 0.25) is 0 Å². The van der Waals surface area contributed by atoms with Gasteiger partial charge >= 0.3 is 6.03 Å². The normalized spacial score (nSPS) is 23.7. The molecule has 7 unspecified atom stereocenters. The van der Waals surface area contributed by atoms with E-state index in [4.69, 9.17) is 18.9 Å². The number of amides is 3. The fourth-order valence-corrected chi connectivity index (χ4v) is 6.54. The smallest absolute Gasteiger partial charge is 0.332 e. The molecule has 0 saturated carbocycles. The molecule has 0 spiro atoms. The third-order valence-corrected chi connectivity index (χ3v) is 9.32. The quantitative estimate of drug-likeness (QED) is 0.0892. The summed E-state index contributed by atoms with van der Waals surface area (Å²) in [6.07, 6.45) is -7.59. The van der Waals surface area contributed by atoms with Crippen LogP contribution in [0.5, 0.6) is 0 Å². The van der Waals surface area contributed by atoms with Crippen molar-refractivity contribution in [2.45, 2.75) is 95.5 Å². The van der Waals surface area contributed by atoms with Crippen LogP contribution >= 0.6 is 0 Å². The Morgan fingerprint density at radius 2 is 1.77 bits per heavy atom. The molecule has 57 heavy (non-hydrogen) atoms. The van der Waals surface area contributed by atoms with E-state index >= 15 is 0 Å². The van der Waals surface area contributed by atoms with Gasteiger partial charge in [0.05, 0.1) is 42.2 Å². The highest BCUT2D eigenvalue weighted by Gasteiger charge is 2.50. The van der Waals surface area contributed by atoms with Crippen LogP contribution in [-0.2, 0) is 28.5 Å². The number of hydrogen-bond acceptors (Lipinski definition) is 17. The van der Waals surface area contributed by atoms with Crippen molar-refractivity contribution in [3.63, 3.8) is 0 Å². The second kappa shape index (κ2) is 18.8. The van der Waals surface area contributed by atoms with Crippen molar-refractivity contribution in [3.05, 3.63) is 36.9 Å². The average Bonchev–Trinajstić information content (AvgIpc) is 3.62. The first kappa shape index (κ1) is 43.5. The van der Waals surface area contributed by atoms with E-state index in [9.17, 15) is 39.9 Å². The number of aromatic nitrogens is 4. The van der Waals surface area contributed by atoms with Crippen LogP contribution < -0.4 is 20.9 Å². The summed E-state index contributed by atoms with van der Waals surface area (Å²) in [5.74, 6) is -0.268. The van der Waals surface area contributed by atoms with E-state index in [1.807, 2.05) is 4.90 Å². The molecule has 314 valence electrons. The summed E-state index contributed by atoms with van der Waals surface area (Å²) in [4.78, 5) is 55.3. The summed E-state index contributed by atoms with van der Waals surface area (Å²) in [6, 6.07) is 3.51. The third kappa shape index (κ3) is 10.5. The minimum Gasteiger partial charge on any atom is -0.394 e. The zero-order chi connectivity index (χ0) is 41.6. The number of anilines is 3. The maximum atomic E-state index is 13.8. The van der Waals surface area contributed by atoms with Gasteiger partial charge in [0.1, 0.15) is 48.4 Å². The third-order valence-electron chi connectivity index (χ3n) is 9.32. The molecule has 2 aliphatic rings. The highest BCUT2D eigenvalue weighted by Crippen LogP contribution is 2.30. The maximum Gasteiger partial charge on any atom is 0.332 e. The molecular formula is C36H53N9O12. The van der Waals surface area contributed by atoms with E-state index in [0.717, 1.165) is 5.69 Å². The minimum absolute atomic E-state index is 0.211. The molecule has 2 saturated heterocycles. The number of ether oxygens (including phenoxy) is 4. The summed E-state index contributed by atoms with van der Waals surface area (Å²) >= 11 is 0. The maximum absolute atomic E-state index is 13.8. The summed E-state index contributed by atoms with van der Waals surface area (Å²) in [5.41, 5.74) is 0.351. The van der Waals surface area contributed by atoms with Crippen molar-refractivity contribution >= 4 is 46.2 Å². The zero-order valence-electron chi connectivity index (χ0n) is 32.7. The van der Waals surface area contributed by atoms with Gasteiger partial charge in [-0.2, -0.15) is 0 Å². The van der Waals surface area contributed by atoms with Crippen molar-refractivity contribution in [2.24, 2.45) is 0 Å². The van der Waals surface area contributed by atoms with Gasteiger partial charge in [0.25, 0.3) is 5.91 Å². The standard InChI is InChI=1S/C36H53N9O12/c1-19(48)28(55-33(23(50)16-46)56-29-26(41-20(2)49)34(57-36(3,4)5)54-24(17-47)27(29)51)32(52)44-13-11-43(12-14-44)21-7-8-25(38-15-21)42-35(53)45-10-9-22-30(37-6)39-18-40-31(22)45/h7-10,15,18-19,23-24,26-29,33-34,46-48,50-51H,11-14,16-17H2,1-6H3,(H,41,49)(H,37,39,40)(H,38,42,53)/t19-,23-,24?,26?,27?,28?,29?,33?,34?/m0/s1. The van der Waals surface area contributed by atoms with E-state index in [1.165, 1.54) is 29.6 Å². The molecule has 0 bridgehead atoms. The number of pyridine rings is 1. The Bertz CT molecular complexity index is 1820. The first-order chi connectivity index (χ1) is 27.0. The molecule has 0 radical (unpaired) electrons. The summed E-state index contributed by atoms with van der Waals surface area (Å²) in [6.45, 7) is 7.34. The van der Waals surface area contributed by atoms with Crippen molar-refractivity contribution in [1.82, 2.24) is 29.7 Å². The Labute approximate surface area is 328 Å². The van der Waals surface area contributed by atoms with Crippen LogP contribution in [0.3, 0.4) is 0 Å². The number of fused-ring (bicyclic) bond motifs is 1. The van der Waals surface area contributed by atoms with E-state index in [1.54, 1.807) is 58.4 Å². The van der Waals surface area contributed by atoms with Gasteiger partial charge in [-0.1, -0.05) is 0 Å². The van der Waals surface area contributed by atoms with E-state index in [0.29, 0.717) is 35.8 Å². The van der Waals surface area contributed by atoms with Gasteiger partial charge in [-0.3, -0.25) is 19.5 Å². The first-order valence-corrected chi connectivity index (χ1v) is 18.5. The number of carbonyl (C=O) groups is 3. The largest absolute Gasteiger partial charge is 0.394 e. The molecule has 8 N–H and O–H groups in total. The SMILES string of the molecule is CNc1ncnc2c1ccn2C(=O)Nc1ccc(N2CCN(C(=O)C(OC(OC3C(O)C(CO)OC(OC(C)(C)C)C3NC(C)=O)[C@@H](O)CO)[C@H](C)O)CC2)cn1. The molecular weight excluding hydrogens is 750 g/mol. The molecule has 0 aromatic carbocycles. The van der Waals surface area contributed by atoms with Gasteiger partial charge < -0.3 is 64.9 Å². The summed E-state index contributed by atoms with van der Waals surface area (Å²) < 4.78 is 25.0. The number of nitrogens with one attached hydrogen (secondary N) is 3. The highest BCUT2D eigenvalue weighted by molar-refractivity contribution is 5.99. The lowest BCUT2D eigenvalue weighted by Gasteiger charge is -2.47. The Hall–Kier alpha value is -4.58. The van der Waals surface area contributed by atoms with Gasteiger partial charge in [0.2, 0.25) is 5.91 Å². The minimum atomic E-state index is -1.82. The van der Waals surface area contributed by atoms with E-state index in [2.05, 4.69) is 30.9 Å². The molecule has 2 aliphatic heterocycles. The second-order valence-electron chi connectivity index (χ2n) is 14.7. The molecule has 21 heteroatoms. The number of hydrogen-bond donors (Lipinski definition) is 8. The second-order valence-corrected chi connectivity index (χ2v) is 14.7. The van der Waals surface area contributed by atoms with Gasteiger partial charge in [-0.15, -0.1) is 0 Å². The lowest BCUT2D eigenvalue weighted by atomic mass is 9.96. The Morgan fingerprint density at radius 3 is 2.35 bits per heavy atom. The molecule has 3 aromatic heterocycles. The van der Waals surface area contributed by atoms with Crippen LogP contribution in [0, 0.1) is 0 Å². The van der Waals surface area contributed by atoms with Gasteiger partial charge in [0, 0.05) is 46.3 Å². The van der Waals surface area contributed by atoms with E-state index in [-0.39, 0.29) is 13.1 Å². The van der Waals surface area contributed by atoms with Crippen LogP contribution in [0.4, 0.5) is 22.1 Å². The highest BCUT2D eigenvalue weighted by atomic mass is 16.7. The fourth-order valence-electron chi connectivity index (χ4n) is 6.54. The summed E-state index contributed by atoms with van der Waals surface area (Å²) in [5, 5.41) is 61.7. The lowest BCUT2D eigenvalue weighted by Crippen LogP contribution is -2.67. The van der Waals surface area contributed by atoms with Crippen molar-refractivity contribution in [3.8, 4) is 0 Å². The first-order valence-electron chi connectivity index (χ1n) is 18.5. The monoisotopic (exact) mass is 803 g/mol. The van der Waals surface area contributed by atoms with Gasteiger partial charge in [-0.05, 0) is 45.9 Å². The van der Waals surface area contributed by atoms with Gasteiger partial charge in [-0.25, -0.2) is 19.7 Å². The lowest BCUT2D eigenvalue weighted by molar-refractivity contribution is -0.328. The Balaban J connectivity index is 1.23. The van der Waals surface area contributed by atoms with Crippen LogP contribution in [0.15, 0.2) is 36.9 Å². The predicted octanol–water partition coefficient (Wildman–Crippen LogP) is -1.17. The zero-order valence-corrected chi connectivity index (χ0v) is 32.7. The van der Waals surface area contributed by atoms with Crippen molar-refractivity contribution in [2.75, 3.05) is 62.0 Å². The molecule has 3 amide bonds. The molecule has 21 nitrogen and oxygen atoms in total. The van der Waals surface area contributed by atoms with Crippen molar-refractivity contribution in [1.29, 1.82) is 0 Å². The molecule has 3 aromatic rings. The van der Waals surface area contributed by atoms with E-state index < -0.39 is 91.9 Å². The molecule has 5 heterocycles. The van der Waals surface area contributed by atoms with Crippen LogP contribution in [-0.4, -0.2) is 175 Å². The molecule has 0 aliphatic carbocycles. The number of carbonyl (C=O) groups excluding carboxylic acids is 3. The average molecular weight is 804 g/mol. The Kier molecular flexibility index (Phi) is 14.3. The number of aliphatic hydroxyl groups is 5. The summed E-state index contributed by atoms with van der Waals surface area (Å²) in [7, 11) is 1.73. The number of aliphatic hydroxyl groups excluding tert-OH is 5. The number of rotatable bonds is 14. The predicted molar refractivity (Wildman–Crippen MR) is 203 cm³/mol.